The van der Waals surface area contributed by atoms with Crippen LogP contribution in [0.3, 0.4) is 0 Å². The average molecular weight is 276 g/mol. The number of nitrogens with zero attached hydrogens (tertiary/aromatic N) is 2. The minimum Gasteiger partial charge on any atom is -0.306 e. The second-order valence-corrected chi connectivity index (χ2v) is 5.90. The molecule has 0 aromatic heterocycles. The van der Waals surface area contributed by atoms with Crippen LogP contribution in [-0.4, -0.2) is 25.0 Å². The second kappa shape index (κ2) is 5.71. The van der Waals surface area contributed by atoms with Gasteiger partial charge in [0.25, 0.3) is 0 Å². The molecular formula is C19H20N2. The number of hydrogen-bond acceptors (Lipinski definition) is 2. The molecule has 0 aliphatic carbocycles. The van der Waals surface area contributed by atoms with Crippen molar-refractivity contribution in [3.05, 3.63) is 71.8 Å². The van der Waals surface area contributed by atoms with Gasteiger partial charge in [-0.3, -0.25) is 0 Å². The van der Waals surface area contributed by atoms with Crippen molar-refractivity contribution >= 4 is 0 Å². The van der Waals surface area contributed by atoms with Gasteiger partial charge in [-0.05, 0) is 37.1 Å². The van der Waals surface area contributed by atoms with Crippen LogP contribution < -0.4 is 0 Å². The highest BCUT2D eigenvalue weighted by atomic mass is 15.1. The van der Waals surface area contributed by atoms with E-state index >= 15 is 0 Å². The molecule has 1 unspecified atom stereocenters. The van der Waals surface area contributed by atoms with E-state index in [4.69, 9.17) is 0 Å². The molecule has 1 fully saturated rings. The Morgan fingerprint density at radius 1 is 1.00 bits per heavy atom. The van der Waals surface area contributed by atoms with E-state index in [1.807, 2.05) is 36.4 Å². The number of rotatable bonds is 3. The highest BCUT2D eigenvalue weighted by Crippen LogP contribution is 2.42. The molecule has 1 saturated heterocycles. The van der Waals surface area contributed by atoms with E-state index in [0.29, 0.717) is 5.92 Å². The summed E-state index contributed by atoms with van der Waals surface area (Å²) < 4.78 is 0. The van der Waals surface area contributed by atoms with Gasteiger partial charge in [0.1, 0.15) is 5.41 Å². The average Bonchev–Trinajstić information content (AvgIpc) is 2.98. The predicted molar refractivity (Wildman–Crippen MR) is 84.9 cm³/mol. The third-order valence-corrected chi connectivity index (χ3v) is 4.64. The van der Waals surface area contributed by atoms with E-state index in [0.717, 1.165) is 30.6 Å². The molecule has 21 heavy (non-hydrogen) atoms. The van der Waals surface area contributed by atoms with E-state index in [2.05, 4.69) is 42.3 Å². The maximum Gasteiger partial charge on any atom is 0.111 e. The summed E-state index contributed by atoms with van der Waals surface area (Å²) in [5.41, 5.74) is 1.67. The second-order valence-electron chi connectivity index (χ2n) is 5.90. The molecule has 3 rings (SSSR count). The molecule has 2 aromatic rings. The molecule has 1 heterocycles. The highest BCUT2D eigenvalue weighted by Gasteiger charge is 2.44. The van der Waals surface area contributed by atoms with Gasteiger partial charge in [0.05, 0.1) is 6.07 Å². The zero-order chi connectivity index (χ0) is 14.7. The quantitative estimate of drug-likeness (QED) is 0.858. The van der Waals surface area contributed by atoms with E-state index in [-0.39, 0.29) is 0 Å². The zero-order valence-corrected chi connectivity index (χ0v) is 12.4. The maximum absolute atomic E-state index is 10.2. The van der Waals surface area contributed by atoms with E-state index in [1.54, 1.807) is 0 Å². The largest absolute Gasteiger partial charge is 0.306 e. The van der Waals surface area contributed by atoms with Crippen LogP contribution in [0.1, 0.15) is 17.5 Å². The smallest absolute Gasteiger partial charge is 0.111 e. The van der Waals surface area contributed by atoms with Crippen LogP contribution in [0.15, 0.2) is 60.7 Å². The monoisotopic (exact) mass is 276 g/mol. The fourth-order valence-corrected chi connectivity index (χ4v) is 3.55. The molecule has 0 bridgehead atoms. The van der Waals surface area contributed by atoms with E-state index in [1.165, 1.54) is 0 Å². The van der Waals surface area contributed by atoms with Crippen molar-refractivity contribution in [3.8, 4) is 6.07 Å². The van der Waals surface area contributed by atoms with Crippen molar-refractivity contribution < 1.29 is 0 Å². The number of likely N-dealkylation sites (tertiary alicyclic amines) is 1. The van der Waals surface area contributed by atoms with Crippen LogP contribution in [0.5, 0.6) is 0 Å². The fraction of sp³-hybridized carbons (Fsp3) is 0.316. The van der Waals surface area contributed by atoms with E-state index < -0.39 is 5.41 Å². The Kier molecular flexibility index (Phi) is 3.77. The summed E-state index contributed by atoms with van der Waals surface area (Å²) in [7, 11) is 2.14. The molecule has 0 radical (unpaired) electrons. The molecule has 2 heteroatoms. The van der Waals surface area contributed by atoms with Gasteiger partial charge >= 0.3 is 0 Å². The van der Waals surface area contributed by atoms with Gasteiger partial charge < -0.3 is 4.90 Å². The fourth-order valence-electron chi connectivity index (χ4n) is 3.55. The molecule has 106 valence electrons. The maximum atomic E-state index is 10.2. The van der Waals surface area contributed by atoms with Gasteiger partial charge in [-0.1, -0.05) is 60.7 Å². The van der Waals surface area contributed by atoms with Crippen LogP contribution in [0.2, 0.25) is 0 Å². The normalized spacial score (nSPS) is 19.3. The first kappa shape index (κ1) is 13.9. The predicted octanol–water partition coefficient (Wildman–Crippen LogP) is 3.45. The molecule has 1 atom stereocenters. The first-order valence-electron chi connectivity index (χ1n) is 7.48. The first-order valence-corrected chi connectivity index (χ1v) is 7.48. The summed E-state index contributed by atoms with van der Waals surface area (Å²) in [4.78, 5) is 2.32. The van der Waals surface area contributed by atoms with Gasteiger partial charge in [-0.25, -0.2) is 0 Å². The van der Waals surface area contributed by atoms with Crippen molar-refractivity contribution in [3.63, 3.8) is 0 Å². The van der Waals surface area contributed by atoms with Crippen molar-refractivity contribution in [1.82, 2.24) is 4.90 Å². The molecule has 2 nitrogen and oxygen atoms in total. The summed E-state index contributed by atoms with van der Waals surface area (Å²) in [6.45, 7) is 2.03. The highest BCUT2D eigenvalue weighted by molar-refractivity contribution is 5.47. The molecule has 0 spiro atoms. The topological polar surface area (TPSA) is 27.0 Å². The summed E-state index contributed by atoms with van der Waals surface area (Å²) in [6, 6.07) is 23.2. The third-order valence-electron chi connectivity index (χ3n) is 4.64. The minimum absolute atomic E-state index is 0.331. The lowest BCUT2D eigenvalue weighted by Crippen LogP contribution is -2.36. The summed E-state index contributed by atoms with van der Waals surface area (Å²) in [5, 5.41) is 10.2. The first-order chi connectivity index (χ1) is 10.3. The number of benzene rings is 2. The Labute approximate surface area is 126 Å². The lowest BCUT2D eigenvalue weighted by atomic mass is 9.66. The number of hydrogen-bond donors (Lipinski definition) is 0. The van der Waals surface area contributed by atoms with Crippen LogP contribution in [0, 0.1) is 17.2 Å². The SMILES string of the molecule is CN1CCC(C(C#N)(c2ccccc2)c2ccccc2)C1. The Morgan fingerprint density at radius 3 is 1.90 bits per heavy atom. The van der Waals surface area contributed by atoms with Crippen molar-refractivity contribution in [2.24, 2.45) is 5.92 Å². The summed E-state index contributed by atoms with van der Waals surface area (Å²) in [5.74, 6) is 0.331. The van der Waals surface area contributed by atoms with Crippen LogP contribution >= 0.6 is 0 Å². The van der Waals surface area contributed by atoms with Crippen LogP contribution in [0.4, 0.5) is 0 Å². The molecule has 1 aliphatic rings. The molecule has 2 aromatic carbocycles. The molecule has 1 aliphatic heterocycles. The van der Waals surface area contributed by atoms with Crippen molar-refractivity contribution in [2.75, 3.05) is 20.1 Å². The van der Waals surface area contributed by atoms with Crippen LogP contribution in [-0.2, 0) is 5.41 Å². The van der Waals surface area contributed by atoms with E-state index in [9.17, 15) is 5.26 Å². The van der Waals surface area contributed by atoms with Gasteiger partial charge in [0.15, 0.2) is 0 Å². The lowest BCUT2D eigenvalue weighted by Gasteiger charge is -2.34. The summed E-state index contributed by atoms with van der Waals surface area (Å²) >= 11 is 0. The van der Waals surface area contributed by atoms with Crippen molar-refractivity contribution in [1.29, 1.82) is 5.26 Å². The Hall–Kier alpha value is -2.11. The Bertz CT molecular complexity index is 588. The Balaban J connectivity index is 2.17. The Morgan fingerprint density at radius 2 is 1.52 bits per heavy atom. The molecular weight excluding hydrogens is 256 g/mol. The van der Waals surface area contributed by atoms with Gasteiger partial charge in [0.2, 0.25) is 0 Å². The summed E-state index contributed by atoms with van der Waals surface area (Å²) in [6.07, 6.45) is 1.06. The van der Waals surface area contributed by atoms with Gasteiger partial charge in [-0.2, -0.15) is 5.26 Å². The third kappa shape index (κ3) is 2.34. The lowest BCUT2D eigenvalue weighted by molar-refractivity contribution is 0.355. The standard InChI is InChI=1S/C19H20N2/c1-21-13-12-18(14-21)19(15-20,16-8-4-2-5-9-16)17-10-6-3-7-11-17/h2-11,18H,12-14H2,1H3. The van der Waals surface area contributed by atoms with Gasteiger partial charge in [0, 0.05) is 6.54 Å². The molecule has 0 saturated carbocycles. The van der Waals surface area contributed by atoms with Gasteiger partial charge in [-0.15, -0.1) is 0 Å². The molecule has 0 amide bonds. The van der Waals surface area contributed by atoms with Crippen molar-refractivity contribution in [2.45, 2.75) is 11.8 Å². The zero-order valence-electron chi connectivity index (χ0n) is 12.4. The van der Waals surface area contributed by atoms with Crippen LogP contribution in [0.25, 0.3) is 0 Å². The number of nitriles is 1. The minimum atomic E-state index is -0.548. The molecule has 0 N–H and O–H groups in total.